The fourth-order valence-corrected chi connectivity index (χ4v) is 1.84. The van der Waals surface area contributed by atoms with Crippen LogP contribution >= 0.6 is 11.8 Å². The van der Waals surface area contributed by atoms with Crippen LogP contribution in [-0.2, 0) is 4.79 Å². The summed E-state index contributed by atoms with van der Waals surface area (Å²) in [6.07, 6.45) is 1.78. The molecule has 1 aliphatic heterocycles. The summed E-state index contributed by atoms with van der Waals surface area (Å²) in [5.74, 6) is -0.191. The van der Waals surface area contributed by atoms with E-state index < -0.39 is 0 Å². The lowest BCUT2D eigenvalue weighted by Gasteiger charge is -1.92. The molecule has 70 valence electrons. The zero-order valence-electron chi connectivity index (χ0n) is 7.28. The van der Waals surface area contributed by atoms with Crippen molar-refractivity contribution < 1.29 is 4.79 Å². The normalized spacial score (nSPS) is 18.7. The van der Waals surface area contributed by atoms with Crippen molar-refractivity contribution in [3.05, 3.63) is 40.8 Å². The molecule has 0 bridgehead atoms. The minimum Gasteiger partial charge on any atom is -0.301 e. The fraction of sp³-hybridized carbons (Fsp3) is 0. The molecule has 2 N–H and O–H groups in total. The topological polar surface area (TPSA) is 53.0 Å². The van der Waals surface area contributed by atoms with Crippen molar-refractivity contribution in [3.8, 4) is 0 Å². The van der Waals surface area contributed by atoms with Crippen molar-refractivity contribution in [2.45, 2.75) is 0 Å². The smallest absolute Gasteiger partial charge is 0.264 e. The third-order valence-corrected chi connectivity index (χ3v) is 2.59. The van der Waals surface area contributed by atoms with Crippen LogP contribution in [0.5, 0.6) is 0 Å². The quantitative estimate of drug-likeness (QED) is 0.686. The Hall–Kier alpha value is -1.55. The van der Waals surface area contributed by atoms with Crippen LogP contribution in [0.2, 0.25) is 0 Å². The van der Waals surface area contributed by atoms with E-state index in [0.717, 1.165) is 17.3 Å². The number of amides is 1. The van der Waals surface area contributed by atoms with Gasteiger partial charge in [-0.2, -0.15) is 0 Å². The van der Waals surface area contributed by atoms with Crippen LogP contribution in [-0.4, -0.2) is 11.1 Å². The molecule has 1 aromatic rings. The molecule has 0 atom stereocenters. The van der Waals surface area contributed by atoms with E-state index in [9.17, 15) is 4.79 Å². The van der Waals surface area contributed by atoms with Crippen LogP contribution in [0, 0.1) is 5.41 Å². The molecule has 3 nitrogen and oxygen atoms in total. The number of thioether (sulfide) groups is 1. The summed E-state index contributed by atoms with van der Waals surface area (Å²) in [5, 5.41) is 9.88. The molecule has 1 heterocycles. The van der Waals surface area contributed by atoms with E-state index in [-0.39, 0.29) is 11.1 Å². The molecule has 0 unspecified atom stereocenters. The maximum absolute atomic E-state index is 11.2. The van der Waals surface area contributed by atoms with Gasteiger partial charge in [0.1, 0.15) is 0 Å². The van der Waals surface area contributed by atoms with Crippen molar-refractivity contribution in [3.63, 3.8) is 0 Å². The Kier molecular flexibility index (Phi) is 2.37. The molecular weight excluding hydrogens is 196 g/mol. The second-order valence-electron chi connectivity index (χ2n) is 2.80. The van der Waals surface area contributed by atoms with Crippen molar-refractivity contribution in [2.75, 3.05) is 0 Å². The molecule has 1 fully saturated rings. The maximum Gasteiger partial charge on any atom is 0.264 e. The van der Waals surface area contributed by atoms with Gasteiger partial charge in [-0.15, -0.1) is 0 Å². The van der Waals surface area contributed by atoms with Gasteiger partial charge in [-0.1, -0.05) is 30.3 Å². The van der Waals surface area contributed by atoms with Gasteiger partial charge in [0, 0.05) is 0 Å². The third-order valence-electron chi connectivity index (χ3n) is 1.76. The SMILES string of the molecule is N=C1NC(=O)/C(=C\c2ccccc2)S1. The maximum atomic E-state index is 11.2. The van der Waals surface area contributed by atoms with E-state index in [4.69, 9.17) is 5.41 Å². The molecule has 4 heteroatoms. The van der Waals surface area contributed by atoms with Crippen molar-refractivity contribution in [1.82, 2.24) is 5.32 Å². The number of hydrogen-bond donors (Lipinski definition) is 2. The zero-order chi connectivity index (χ0) is 9.97. The molecule has 2 rings (SSSR count). The molecule has 0 aromatic heterocycles. The fourth-order valence-electron chi connectivity index (χ4n) is 1.14. The Morgan fingerprint density at radius 1 is 1.29 bits per heavy atom. The summed E-state index contributed by atoms with van der Waals surface area (Å²) in [7, 11) is 0. The molecule has 0 spiro atoms. The predicted molar refractivity (Wildman–Crippen MR) is 57.9 cm³/mol. The van der Waals surface area contributed by atoms with E-state index in [2.05, 4.69) is 5.32 Å². The van der Waals surface area contributed by atoms with Crippen LogP contribution < -0.4 is 5.32 Å². The molecule has 1 aromatic carbocycles. The van der Waals surface area contributed by atoms with Gasteiger partial charge in [-0.05, 0) is 23.4 Å². The number of hydrogen-bond acceptors (Lipinski definition) is 3. The Morgan fingerprint density at radius 2 is 2.00 bits per heavy atom. The highest BCUT2D eigenvalue weighted by Gasteiger charge is 2.21. The van der Waals surface area contributed by atoms with Crippen molar-refractivity contribution in [1.29, 1.82) is 5.41 Å². The Morgan fingerprint density at radius 3 is 2.57 bits per heavy atom. The first-order valence-electron chi connectivity index (χ1n) is 4.10. The number of carbonyl (C=O) groups excluding carboxylic acids is 1. The van der Waals surface area contributed by atoms with Crippen LogP contribution in [0.4, 0.5) is 0 Å². The molecule has 14 heavy (non-hydrogen) atoms. The average Bonchev–Trinajstić information content (AvgIpc) is 2.47. The molecule has 0 radical (unpaired) electrons. The van der Waals surface area contributed by atoms with E-state index in [1.165, 1.54) is 0 Å². The molecule has 1 amide bonds. The minimum absolute atomic E-state index is 0.191. The van der Waals surface area contributed by atoms with Gasteiger partial charge >= 0.3 is 0 Å². The Labute approximate surface area is 85.7 Å². The number of rotatable bonds is 1. The first-order valence-corrected chi connectivity index (χ1v) is 4.92. The first kappa shape index (κ1) is 9.02. The van der Waals surface area contributed by atoms with Crippen molar-refractivity contribution >= 4 is 28.9 Å². The second-order valence-corrected chi connectivity index (χ2v) is 3.86. The average molecular weight is 204 g/mol. The number of amidine groups is 1. The number of carbonyl (C=O) groups is 1. The minimum atomic E-state index is -0.191. The summed E-state index contributed by atoms with van der Waals surface area (Å²) in [5.41, 5.74) is 0.972. The summed E-state index contributed by atoms with van der Waals surface area (Å²) >= 11 is 1.15. The number of benzene rings is 1. The van der Waals surface area contributed by atoms with E-state index >= 15 is 0 Å². The highest BCUT2D eigenvalue weighted by atomic mass is 32.2. The van der Waals surface area contributed by atoms with Crippen LogP contribution in [0.1, 0.15) is 5.56 Å². The first-order chi connectivity index (χ1) is 6.75. The van der Waals surface area contributed by atoms with Gasteiger partial charge < -0.3 is 5.32 Å². The largest absolute Gasteiger partial charge is 0.301 e. The molecule has 0 saturated carbocycles. The van der Waals surface area contributed by atoms with E-state index in [0.29, 0.717) is 4.91 Å². The van der Waals surface area contributed by atoms with Gasteiger partial charge in [0.25, 0.3) is 5.91 Å². The van der Waals surface area contributed by atoms with Gasteiger partial charge in [0.2, 0.25) is 0 Å². The van der Waals surface area contributed by atoms with E-state index in [1.807, 2.05) is 30.3 Å². The van der Waals surface area contributed by atoms with Crippen LogP contribution in [0.3, 0.4) is 0 Å². The predicted octanol–water partition coefficient (Wildman–Crippen LogP) is 1.83. The highest BCUT2D eigenvalue weighted by Crippen LogP contribution is 2.24. The lowest BCUT2D eigenvalue weighted by molar-refractivity contribution is -0.115. The van der Waals surface area contributed by atoms with Gasteiger partial charge in [-0.25, -0.2) is 0 Å². The molecule has 1 saturated heterocycles. The van der Waals surface area contributed by atoms with Crippen LogP contribution in [0.25, 0.3) is 6.08 Å². The second kappa shape index (κ2) is 3.67. The van der Waals surface area contributed by atoms with Crippen LogP contribution in [0.15, 0.2) is 35.2 Å². The Bertz CT molecular complexity index is 411. The third kappa shape index (κ3) is 1.85. The zero-order valence-corrected chi connectivity index (χ0v) is 8.10. The Balaban J connectivity index is 2.28. The summed E-state index contributed by atoms with van der Waals surface area (Å²) in [6.45, 7) is 0. The summed E-state index contributed by atoms with van der Waals surface area (Å²) in [4.78, 5) is 11.8. The molecule has 0 aliphatic carbocycles. The standard InChI is InChI=1S/C10H8N2OS/c11-10-12-9(13)8(14-10)6-7-4-2-1-3-5-7/h1-6H,(H2,11,12,13)/b8-6+. The number of nitrogens with one attached hydrogen (secondary N) is 2. The van der Waals surface area contributed by atoms with Gasteiger partial charge in [0.05, 0.1) is 4.91 Å². The highest BCUT2D eigenvalue weighted by molar-refractivity contribution is 8.18. The summed E-state index contributed by atoms with van der Waals surface area (Å²) < 4.78 is 0. The van der Waals surface area contributed by atoms with Crippen molar-refractivity contribution in [2.24, 2.45) is 0 Å². The lowest BCUT2D eigenvalue weighted by Crippen LogP contribution is -2.18. The monoisotopic (exact) mass is 204 g/mol. The lowest BCUT2D eigenvalue weighted by atomic mass is 10.2. The van der Waals surface area contributed by atoms with Gasteiger partial charge in [-0.3, -0.25) is 10.2 Å². The summed E-state index contributed by atoms with van der Waals surface area (Å²) in [6, 6.07) is 9.59. The van der Waals surface area contributed by atoms with E-state index in [1.54, 1.807) is 6.08 Å². The molecule has 1 aliphatic rings. The molecular formula is C10H8N2OS. The van der Waals surface area contributed by atoms with Gasteiger partial charge in [0.15, 0.2) is 5.17 Å².